The normalized spacial score (nSPS) is 14.8. The summed E-state index contributed by atoms with van der Waals surface area (Å²) in [6.45, 7) is 1.98. The fourth-order valence-electron chi connectivity index (χ4n) is 2.16. The molecule has 0 bridgehead atoms. The first-order chi connectivity index (χ1) is 11.2. The van der Waals surface area contributed by atoms with Gasteiger partial charge in [0.25, 0.3) is 5.91 Å². The molecule has 0 atom stereocenters. The molecule has 1 saturated heterocycles. The molecule has 0 saturated carbocycles. The van der Waals surface area contributed by atoms with E-state index in [2.05, 4.69) is 5.32 Å². The molecule has 0 unspecified atom stereocenters. The Balaban J connectivity index is 2.10. The number of morpholine rings is 1. The Hall–Kier alpha value is -2.72. The zero-order valence-corrected chi connectivity index (χ0v) is 13.2. The molecular formula is C16H19N3O4. The van der Waals surface area contributed by atoms with Gasteiger partial charge in [-0.05, 0) is 12.1 Å². The monoisotopic (exact) mass is 317 g/mol. The van der Waals surface area contributed by atoms with Crippen LogP contribution in [0.15, 0.2) is 30.0 Å². The van der Waals surface area contributed by atoms with Crippen LogP contribution in [-0.4, -0.2) is 51.3 Å². The van der Waals surface area contributed by atoms with E-state index in [1.165, 1.54) is 6.20 Å². The molecule has 0 radical (unpaired) electrons. The fraction of sp³-hybridized carbons (Fsp3) is 0.375. The molecule has 1 fully saturated rings. The van der Waals surface area contributed by atoms with E-state index < -0.39 is 0 Å². The van der Waals surface area contributed by atoms with E-state index in [-0.39, 0.29) is 11.5 Å². The standard InChI is InChI=1S/C16H19N3O4/c1-21-14-4-3-13(9-15(14)22-2)18-11-12(10-17)16(20)19-5-7-23-8-6-19/h3-4,9,11,18H,5-8H2,1-2H3/b12-11-. The molecule has 1 aromatic carbocycles. The van der Waals surface area contributed by atoms with E-state index in [1.807, 2.05) is 6.07 Å². The third-order valence-corrected chi connectivity index (χ3v) is 3.42. The van der Waals surface area contributed by atoms with Crippen molar-refractivity contribution in [1.82, 2.24) is 4.90 Å². The number of carbonyl (C=O) groups is 1. The number of nitriles is 1. The minimum Gasteiger partial charge on any atom is -0.493 e. The summed E-state index contributed by atoms with van der Waals surface area (Å²) in [5.74, 6) is 0.861. The molecule has 1 heterocycles. The number of methoxy groups -OCH3 is 2. The van der Waals surface area contributed by atoms with Crippen molar-refractivity contribution >= 4 is 11.6 Å². The van der Waals surface area contributed by atoms with Gasteiger partial charge in [0.2, 0.25) is 0 Å². The highest BCUT2D eigenvalue weighted by Crippen LogP contribution is 2.29. The molecule has 1 aliphatic rings. The molecule has 1 amide bonds. The summed E-state index contributed by atoms with van der Waals surface area (Å²) in [7, 11) is 3.10. The smallest absolute Gasteiger partial charge is 0.266 e. The molecule has 23 heavy (non-hydrogen) atoms. The van der Waals surface area contributed by atoms with Crippen LogP contribution in [0.3, 0.4) is 0 Å². The Morgan fingerprint density at radius 2 is 2.00 bits per heavy atom. The van der Waals surface area contributed by atoms with Crippen molar-refractivity contribution in [3.8, 4) is 17.6 Å². The zero-order valence-electron chi connectivity index (χ0n) is 13.2. The predicted octanol–water partition coefficient (Wildman–Crippen LogP) is 1.38. The third kappa shape index (κ3) is 4.14. The van der Waals surface area contributed by atoms with Gasteiger partial charge in [0.1, 0.15) is 11.6 Å². The van der Waals surface area contributed by atoms with Crippen LogP contribution in [0.5, 0.6) is 11.5 Å². The summed E-state index contributed by atoms with van der Waals surface area (Å²) in [6.07, 6.45) is 1.40. The van der Waals surface area contributed by atoms with Crippen molar-refractivity contribution in [2.24, 2.45) is 0 Å². The lowest BCUT2D eigenvalue weighted by Gasteiger charge is -2.26. The van der Waals surface area contributed by atoms with E-state index in [0.29, 0.717) is 43.5 Å². The van der Waals surface area contributed by atoms with E-state index in [1.54, 1.807) is 37.3 Å². The van der Waals surface area contributed by atoms with Crippen LogP contribution in [0.4, 0.5) is 5.69 Å². The van der Waals surface area contributed by atoms with Crippen LogP contribution in [0, 0.1) is 11.3 Å². The molecule has 122 valence electrons. The van der Waals surface area contributed by atoms with Crippen LogP contribution in [-0.2, 0) is 9.53 Å². The van der Waals surface area contributed by atoms with Gasteiger partial charge in [0, 0.05) is 31.0 Å². The zero-order chi connectivity index (χ0) is 16.7. The average Bonchev–Trinajstić information content (AvgIpc) is 2.62. The molecule has 1 aliphatic heterocycles. The lowest BCUT2D eigenvalue weighted by Crippen LogP contribution is -2.41. The SMILES string of the molecule is COc1ccc(N/C=C(/C#N)C(=O)N2CCOCC2)cc1OC. The fourth-order valence-corrected chi connectivity index (χ4v) is 2.16. The van der Waals surface area contributed by atoms with Gasteiger partial charge >= 0.3 is 0 Å². The summed E-state index contributed by atoms with van der Waals surface area (Å²) in [6, 6.07) is 7.17. The highest BCUT2D eigenvalue weighted by atomic mass is 16.5. The number of nitrogens with zero attached hydrogens (tertiary/aromatic N) is 2. The highest BCUT2D eigenvalue weighted by molar-refractivity contribution is 5.97. The predicted molar refractivity (Wildman–Crippen MR) is 84.3 cm³/mol. The topological polar surface area (TPSA) is 83.8 Å². The van der Waals surface area contributed by atoms with Gasteiger partial charge in [0.05, 0.1) is 27.4 Å². The van der Waals surface area contributed by atoms with Crippen molar-refractivity contribution in [2.45, 2.75) is 0 Å². The van der Waals surface area contributed by atoms with Gasteiger partial charge in [-0.1, -0.05) is 0 Å². The Morgan fingerprint density at radius 1 is 1.30 bits per heavy atom. The van der Waals surface area contributed by atoms with Crippen LogP contribution < -0.4 is 14.8 Å². The number of amides is 1. The number of nitrogens with one attached hydrogen (secondary N) is 1. The summed E-state index contributed by atoms with van der Waals surface area (Å²) < 4.78 is 15.6. The minimum absolute atomic E-state index is 0.0432. The Bertz CT molecular complexity index is 631. The van der Waals surface area contributed by atoms with Gasteiger partial charge in [-0.25, -0.2) is 0 Å². The molecule has 7 nitrogen and oxygen atoms in total. The number of carbonyl (C=O) groups excluding carboxylic acids is 1. The number of anilines is 1. The summed E-state index contributed by atoms with van der Waals surface area (Å²) >= 11 is 0. The number of hydrogen-bond acceptors (Lipinski definition) is 6. The number of hydrogen-bond donors (Lipinski definition) is 1. The van der Waals surface area contributed by atoms with Crippen LogP contribution in [0.1, 0.15) is 0 Å². The summed E-state index contributed by atoms with van der Waals surface area (Å²) in [5.41, 5.74) is 0.729. The van der Waals surface area contributed by atoms with Gasteiger partial charge in [-0.2, -0.15) is 5.26 Å². The minimum atomic E-state index is -0.302. The van der Waals surface area contributed by atoms with Crippen molar-refractivity contribution < 1.29 is 19.0 Å². The van der Waals surface area contributed by atoms with Crippen LogP contribution in [0.2, 0.25) is 0 Å². The van der Waals surface area contributed by atoms with E-state index >= 15 is 0 Å². The first-order valence-corrected chi connectivity index (χ1v) is 7.15. The van der Waals surface area contributed by atoms with E-state index in [9.17, 15) is 10.1 Å². The Morgan fingerprint density at radius 3 is 2.61 bits per heavy atom. The van der Waals surface area contributed by atoms with Crippen LogP contribution in [0.25, 0.3) is 0 Å². The second-order valence-corrected chi connectivity index (χ2v) is 4.79. The number of rotatable bonds is 5. The summed E-state index contributed by atoms with van der Waals surface area (Å²) in [4.78, 5) is 13.9. The van der Waals surface area contributed by atoms with E-state index in [0.717, 1.165) is 0 Å². The Labute approximate surface area is 135 Å². The van der Waals surface area contributed by atoms with Gasteiger partial charge < -0.3 is 24.4 Å². The third-order valence-electron chi connectivity index (χ3n) is 3.42. The molecule has 2 rings (SSSR count). The molecular weight excluding hydrogens is 298 g/mol. The second-order valence-electron chi connectivity index (χ2n) is 4.79. The van der Waals surface area contributed by atoms with Gasteiger partial charge in [-0.3, -0.25) is 4.79 Å². The molecule has 1 aromatic rings. The maximum atomic E-state index is 12.3. The lowest BCUT2D eigenvalue weighted by molar-refractivity contribution is -0.130. The van der Waals surface area contributed by atoms with Crippen molar-refractivity contribution in [3.63, 3.8) is 0 Å². The van der Waals surface area contributed by atoms with E-state index in [4.69, 9.17) is 14.2 Å². The maximum Gasteiger partial charge on any atom is 0.266 e. The molecule has 1 N–H and O–H groups in total. The van der Waals surface area contributed by atoms with Crippen molar-refractivity contribution in [1.29, 1.82) is 5.26 Å². The molecule has 0 aliphatic carbocycles. The van der Waals surface area contributed by atoms with Crippen LogP contribution >= 0.6 is 0 Å². The first-order valence-electron chi connectivity index (χ1n) is 7.15. The maximum absolute atomic E-state index is 12.3. The molecule has 7 heteroatoms. The molecule has 0 aromatic heterocycles. The number of benzene rings is 1. The number of ether oxygens (including phenoxy) is 3. The lowest BCUT2D eigenvalue weighted by atomic mass is 10.2. The quantitative estimate of drug-likeness (QED) is 0.652. The largest absolute Gasteiger partial charge is 0.493 e. The van der Waals surface area contributed by atoms with Gasteiger partial charge in [-0.15, -0.1) is 0 Å². The highest BCUT2D eigenvalue weighted by Gasteiger charge is 2.20. The summed E-state index contributed by atoms with van der Waals surface area (Å²) in [5, 5.41) is 12.1. The van der Waals surface area contributed by atoms with Crippen molar-refractivity contribution in [2.75, 3.05) is 45.8 Å². The average molecular weight is 317 g/mol. The Kier molecular flexibility index (Phi) is 5.83. The van der Waals surface area contributed by atoms with Gasteiger partial charge in [0.15, 0.2) is 11.5 Å². The second kappa shape index (κ2) is 8.06. The first kappa shape index (κ1) is 16.6. The molecule has 0 spiro atoms. The van der Waals surface area contributed by atoms with Crippen molar-refractivity contribution in [3.05, 3.63) is 30.0 Å².